The molecule has 0 aliphatic carbocycles. The van der Waals surface area contributed by atoms with Crippen LogP contribution in [0, 0.1) is 5.92 Å². The van der Waals surface area contributed by atoms with Gasteiger partial charge in [0.05, 0.1) is 16.7 Å². The molecule has 2 heterocycles. The molecule has 7 nitrogen and oxygen atoms in total. The second kappa shape index (κ2) is 10.8. The molecule has 0 bridgehead atoms. The van der Waals surface area contributed by atoms with Gasteiger partial charge in [0.15, 0.2) is 17.4 Å². The Morgan fingerprint density at radius 3 is 2.38 bits per heavy atom. The van der Waals surface area contributed by atoms with Crippen molar-refractivity contribution < 1.29 is 28.5 Å². The molecular weight excluding hydrogens is 541 g/mol. The minimum atomic E-state index is -1.34. The van der Waals surface area contributed by atoms with Crippen molar-refractivity contribution in [1.82, 2.24) is 4.98 Å². The average Bonchev–Trinajstić information content (AvgIpc) is 3.31. The van der Waals surface area contributed by atoms with Crippen LogP contribution in [0.25, 0.3) is 10.9 Å². The van der Waals surface area contributed by atoms with Gasteiger partial charge in [0.1, 0.15) is 6.61 Å². The van der Waals surface area contributed by atoms with Gasteiger partial charge in [-0.1, -0.05) is 53.5 Å². The van der Waals surface area contributed by atoms with E-state index in [0.29, 0.717) is 33.7 Å². The van der Waals surface area contributed by atoms with Crippen molar-refractivity contribution in [3.63, 3.8) is 0 Å². The third-order valence-corrected chi connectivity index (χ3v) is 7.23. The average molecular weight is 568 g/mol. The molecule has 1 aliphatic rings. The fourth-order valence-corrected chi connectivity index (χ4v) is 5.12. The predicted octanol–water partition coefficient (Wildman–Crippen LogP) is 7.04. The summed E-state index contributed by atoms with van der Waals surface area (Å²) in [6.07, 6.45) is 1.81. The SMILES string of the molecule is CCOc1cc([C@H](c2c[nH]c3ccccc23)C2C(=O)OC(C)(C)OC2=O)ccc1OCc1ccc(Cl)c(Cl)c1. The molecule has 1 fully saturated rings. The van der Waals surface area contributed by atoms with E-state index in [0.717, 1.165) is 22.0 Å². The van der Waals surface area contributed by atoms with Crippen molar-refractivity contribution in [2.75, 3.05) is 6.61 Å². The third-order valence-electron chi connectivity index (χ3n) is 6.50. The lowest BCUT2D eigenvalue weighted by Crippen LogP contribution is -2.48. The summed E-state index contributed by atoms with van der Waals surface area (Å²) in [7, 11) is 0. The summed E-state index contributed by atoms with van der Waals surface area (Å²) in [5.41, 5.74) is 3.14. The van der Waals surface area contributed by atoms with E-state index in [4.69, 9.17) is 42.1 Å². The Bertz CT molecular complexity index is 1530. The number of halogens is 2. The number of benzene rings is 3. The fraction of sp³-hybridized carbons (Fsp3) is 0.267. The summed E-state index contributed by atoms with van der Waals surface area (Å²) in [5.74, 6) is -3.59. The van der Waals surface area contributed by atoms with Crippen LogP contribution < -0.4 is 9.47 Å². The minimum absolute atomic E-state index is 0.235. The maximum absolute atomic E-state index is 13.2. The maximum Gasteiger partial charge on any atom is 0.324 e. The molecule has 39 heavy (non-hydrogen) atoms. The number of fused-ring (bicyclic) bond motifs is 1. The van der Waals surface area contributed by atoms with Crippen LogP contribution in [0.2, 0.25) is 10.0 Å². The quantitative estimate of drug-likeness (QED) is 0.181. The highest BCUT2D eigenvalue weighted by Gasteiger charge is 2.48. The molecule has 202 valence electrons. The summed E-state index contributed by atoms with van der Waals surface area (Å²) in [5, 5.41) is 1.78. The topological polar surface area (TPSA) is 86.9 Å². The molecule has 1 N–H and O–H groups in total. The molecular formula is C30H27Cl2NO6. The van der Waals surface area contributed by atoms with Crippen molar-refractivity contribution >= 4 is 46.0 Å². The number of H-pyrrole nitrogens is 1. The van der Waals surface area contributed by atoms with Gasteiger partial charge in [-0.05, 0) is 53.9 Å². The molecule has 3 aromatic carbocycles. The Hall–Kier alpha value is -3.68. The molecule has 0 spiro atoms. The second-order valence-electron chi connectivity index (χ2n) is 9.66. The van der Waals surface area contributed by atoms with Crippen LogP contribution in [0.1, 0.15) is 43.4 Å². The summed E-state index contributed by atoms with van der Waals surface area (Å²) in [6.45, 7) is 5.55. The molecule has 1 aliphatic heterocycles. The number of hydrogen-bond acceptors (Lipinski definition) is 6. The number of carbonyl (C=O) groups excluding carboxylic acids is 2. The number of rotatable bonds is 8. The van der Waals surface area contributed by atoms with E-state index in [2.05, 4.69) is 4.98 Å². The molecule has 1 saturated heterocycles. The van der Waals surface area contributed by atoms with Gasteiger partial charge in [-0.15, -0.1) is 0 Å². The first-order valence-electron chi connectivity index (χ1n) is 12.5. The second-order valence-corrected chi connectivity index (χ2v) is 10.5. The van der Waals surface area contributed by atoms with Crippen LogP contribution in [0.5, 0.6) is 11.5 Å². The highest BCUT2D eigenvalue weighted by Crippen LogP contribution is 2.43. The van der Waals surface area contributed by atoms with Crippen LogP contribution >= 0.6 is 23.2 Å². The van der Waals surface area contributed by atoms with Crippen molar-refractivity contribution in [2.45, 2.75) is 39.1 Å². The van der Waals surface area contributed by atoms with Crippen molar-refractivity contribution in [1.29, 1.82) is 0 Å². The van der Waals surface area contributed by atoms with E-state index in [1.54, 1.807) is 24.3 Å². The summed E-state index contributed by atoms with van der Waals surface area (Å²) in [4.78, 5) is 29.7. The molecule has 5 rings (SSSR count). The van der Waals surface area contributed by atoms with E-state index in [1.165, 1.54) is 13.8 Å². The van der Waals surface area contributed by atoms with Gasteiger partial charge in [0, 0.05) is 36.9 Å². The highest BCUT2D eigenvalue weighted by molar-refractivity contribution is 6.42. The fourth-order valence-electron chi connectivity index (χ4n) is 4.80. The Morgan fingerprint density at radius 1 is 0.923 bits per heavy atom. The van der Waals surface area contributed by atoms with Crippen LogP contribution in [-0.2, 0) is 25.7 Å². The number of aromatic nitrogens is 1. The molecule has 4 aromatic rings. The monoisotopic (exact) mass is 567 g/mol. The lowest BCUT2D eigenvalue weighted by Gasteiger charge is -2.36. The van der Waals surface area contributed by atoms with Gasteiger partial charge in [0.2, 0.25) is 0 Å². The van der Waals surface area contributed by atoms with Crippen molar-refractivity contribution in [2.24, 2.45) is 5.92 Å². The number of cyclic esters (lactones) is 2. The van der Waals surface area contributed by atoms with E-state index in [-0.39, 0.29) is 6.61 Å². The summed E-state index contributed by atoms with van der Waals surface area (Å²) < 4.78 is 23.0. The number of esters is 2. The smallest absolute Gasteiger partial charge is 0.324 e. The van der Waals surface area contributed by atoms with Crippen LogP contribution in [0.4, 0.5) is 0 Å². The van der Waals surface area contributed by atoms with Crippen molar-refractivity contribution in [3.05, 3.63) is 93.6 Å². The molecule has 0 radical (unpaired) electrons. The first kappa shape index (κ1) is 26.9. The first-order chi connectivity index (χ1) is 18.7. The molecule has 0 saturated carbocycles. The molecule has 0 unspecified atom stereocenters. The Kier molecular flexibility index (Phi) is 7.47. The molecule has 9 heteroatoms. The largest absolute Gasteiger partial charge is 0.490 e. The number of aromatic amines is 1. The van der Waals surface area contributed by atoms with Gasteiger partial charge in [-0.3, -0.25) is 9.59 Å². The normalized spacial score (nSPS) is 16.0. The molecule has 1 atom stereocenters. The van der Waals surface area contributed by atoms with Gasteiger partial charge in [-0.2, -0.15) is 0 Å². The zero-order valence-corrected chi connectivity index (χ0v) is 23.1. The van der Waals surface area contributed by atoms with E-state index in [1.807, 2.05) is 49.5 Å². The molecule has 1 aromatic heterocycles. The van der Waals surface area contributed by atoms with Gasteiger partial charge in [0.25, 0.3) is 5.79 Å². The Morgan fingerprint density at radius 2 is 1.67 bits per heavy atom. The summed E-state index contributed by atoms with van der Waals surface area (Å²) in [6, 6.07) is 18.4. The van der Waals surface area contributed by atoms with Gasteiger partial charge >= 0.3 is 11.9 Å². The Balaban J connectivity index is 1.55. The van der Waals surface area contributed by atoms with E-state index >= 15 is 0 Å². The van der Waals surface area contributed by atoms with Gasteiger partial charge < -0.3 is 23.9 Å². The highest BCUT2D eigenvalue weighted by atomic mass is 35.5. The lowest BCUT2D eigenvalue weighted by atomic mass is 9.80. The number of nitrogens with one attached hydrogen (secondary N) is 1. The standard InChI is InChI=1S/C30H27Cl2NO6/c1-4-36-25-14-18(10-12-24(25)37-16-17-9-11-21(31)22(32)13-17)26(20-15-33-23-8-6-5-7-19(20)23)27-28(34)38-30(2,3)39-29(27)35/h5-15,26-27,33H,4,16H2,1-3H3/t26-/m1/s1. The zero-order chi connectivity index (χ0) is 27.7. The van der Waals surface area contributed by atoms with E-state index < -0.39 is 29.6 Å². The van der Waals surface area contributed by atoms with Crippen LogP contribution in [0.15, 0.2) is 66.9 Å². The third kappa shape index (κ3) is 5.56. The number of para-hydroxylation sites is 1. The van der Waals surface area contributed by atoms with Crippen LogP contribution in [0.3, 0.4) is 0 Å². The number of ether oxygens (including phenoxy) is 4. The minimum Gasteiger partial charge on any atom is -0.490 e. The maximum atomic E-state index is 13.2. The Labute approximate surface area is 235 Å². The summed E-state index contributed by atoms with van der Waals surface area (Å²) >= 11 is 12.2. The van der Waals surface area contributed by atoms with E-state index in [9.17, 15) is 9.59 Å². The van der Waals surface area contributed by atoms with Gasteiger partial charge in [-0.25, -0.2) is 0 Å². The van der Waals surface area contributed by atoms with Crippen molar-refractivity contribution in [3.8, 4) is 11.5 Å². The van der Waals surface area contributed by atoms with Crippen LogP contribution in [-0.4, -0.2) is 29.3 Å². The zero-order valence-electron chi connectivity index (χ0n) is 21.6. The number of carbonyl (C=O) groups is 2. The molecule has 0 amide bonds. The number of hydrogen-bond donors (Lipinski definition) is 1. The lowest BCUT2D eigenvalue weighted by molar-refractivity contribution is -0.240. The predicted molar refractivity (Wildman–Crippen MR) is 148 cm³/mol. The first-order valence-corrected chi connectivity index (χ1v) is 13.3.